The lowest BCUT2D eigenvalue weighted by atomic mass is 10.0. The third kappa shape index (κ3) is 3.54. The van der Waals surface area contributed by atoms with Gasteiger partial charge in [-0.05, 0) is 54.7 Å². The highest BCUT2D eigenvalue weighted by Gasteiger charge is 2.33. The van der Waals surface area contributed by atoms with Gasteiger partial charge in [0.1, 0.15) is 0 Å². The highest BCUT2D eigenvalue weighted by atomic mass is 16.2. The number of carbonyl (C=O) groups is 2. The molecule has 0 bridgehead atoms. The number of hydrogen-bond donors (Lipinski definition) is 1. The van der Waals surface area contributed by atoms with Crippen molar-refractivity contribution in [2.24, 2.45) is 0 Å². The van der Waals surface area contributed by atoms with E-state index < -0.39 is 0 Å². The van der Waals surface area contributed by atoms with Crippen molar-refractivity contribution in [1.82, 2.24) is 10.2 Å². The molecule has 2 aliphatic rings. The lowest BCUT2D eigenvalue weighted by Gasteiger charge is -2.30. The molecule has 5 nitrogen and oxygen atoms in total. The fourth-order valence-electron chi connectivity index (χ4n) is 3.88. The van der Waals surface area contributed by atoms with Gasteiger partial charge in [0.2, 0.25) is 5.91 Å². The Morgan fingerprint density at radius 3 is 2.63 bits per heavy atom. The summed E-state index contributed by atoms with van der Waals surface area (Å²) in [6, 6.07) is 14.1. The van der Waals surface area contributed by atoms with E-state index >= 15 is 0 Å². The van der Waals surface area contributed by atoms with Crippen LogP contribution in [-0.2, 0) is 17.8 Å². The number of nitrogens with zero attached hydrogens (tertiary/aromatic N) is 2. The summed E-state index contributed by atoms with van der Waals surface area (Å²) < 4.78 is 0. The highest BCUT2D eigenvalue weighted by Crippen LogP contribution is 2.24. The summed E-state index contributed by atoms with van der Waals surface area (Å²) in [6.45, 7) is 5.98. The van der Waals surface area contributed by atoms with Crippen LogP contribution in [0.3, 0.4) is 0 Å². The first-order valence-corrected chi connectivity index (χ1v) is 9.51. The van der Waals surface area contributed by atoms with E-state index in [1.807, 2.05) is 42.2 Å². The van der Waals surface area contributed by atoms with Gasteiger partial charge in [0.15, 0.2) is 0 Å². The average Bonchev–Trinajstić information content (AvgIpc) is 3.03. The van der Waals surface area contributed by atoms with E-state index in [9.17, 15) is 9.59 Å². The standard InChI is InChI=1S/C22H25N3O2/c1-15-7-8-20(11-16(15)2)25-14-19(12-21(25)26)23-22(27)24-10-9-17-5-3-4-6-18(17)13-24/h3-8,11,19H,9-10,12-14H2,1-2H3,(H,23,27)/t19-/m1/s1. The van der Waals surface area contributed by atoms with Crippen molar-refractivity contribution < 1.29 is 9.59 Å². The van der Waals surface area contributed by atoms with Crippen molar-refractivity contribution in [3.8, 4) is 0 Å². The van der Waals surface area contributed by atoms with E-state index in [0.29, 0.717) is 26.1 Å². The number of nitrogens with one attached hydrogen (secondary N) is 1. The molecule has 1 fully saturated rings. The Bertz CT molecular complexity index is 893. The van der Waals surface area contributed by atoms with Gasteiger partial charge in [-0.2, -0.15) is 0 Å². The Kier molecular flexibility index (Phi) is 4.60. The van der Waals surface area contributed by atoms with Crippen molar-refractivity contribution in [3.05, 3.63) is 64.7 Å². The molecule has 1 N–H and O–H groups in total. The van der Waals surface area contributed by atoms with E-state index in [1.54, 1.807) is 4.90 Å². The number of benzene rings is 2. The Labute approximate surface area is 160 Å². The smallest absolute Gasteiger partial charge is 0.318 e. The van der Waals surface area contributed by atoms with Crippen LogP contribution in [0.1, 0.15) is 28.7 Å². The first-order valence-electron chi connectivity index (χ1n) is 9.51. The van der Waals surface area contributed by atoms with Crippen LogP contribution in [0.2, 0.25) is 0 Å². The van der Waals surface area contributed by atoms with Crippen molar-refractivity contribution >= 4 is 17.6 Å². The molecule has 4 rings (SSSR count). The molecule has 0 aliphatic carbocycles. The molecule has 2 aromatic carbocycles. The molecule has 140 valence electrons. The minimum atomic E-state index is -0.149. The minimum absolute atomic E-state index is 0.0625. The Morgan fingerprint density at radius 1 is 1.07 bits per heavy atom. The summed E-state index contributed by atoms with van der Waals surface area (Å²) in [6.07, 6.45) is 1.23. The van der Waals surface area contributed by atoms with Crippen LogP contribution in [0.25, 0.3) is 0 Å². The van der Waals surface area contributed by atoms with E-state index in [4.69, 9.17) is 0 Å². The third-order valence-corrected chi connectivity index (χ3v) is 5.67. The fraction of sp³-hybridized carbons (Fsp3) is 0.364. The van der Waals surface area contributed by atoms with Crippen LogP contribution in [0, 0.1) is 13.8 Å². The number of rotatable bonds is 2. The molecule has 0 unspecified atom stereocenters. The summed E-state index contributed by atoms with van der Waals surface area (Å²) in [4.78, 5) is 28.8. The predicted octanol–water partition coefficient (Wildman–Crippen LogP) is 3.18. The van der Waals surface area contributed by atoms with E-state index in [-0.39, 0.29) is 18.0 Å². The van der Waals surface area contributed by atoms with Crippen LogP contribution in [-0.4, -0.2) is 36.0 Å². The van der Waals surface area contributed by atoms with Gasteiger partial charge in [-0.3, -0.25) is 4.79 Å². The lowest BCUT2D eigenvalue weighted by molar-refractivity contribution is -0.117. The zero-order valence-corrected chi connectivity index (χ0v) is 15.9. The molecule has 2 aromatic rings. The fourth-order valence-corrected chi connectivity index (χ4v) is 3.88. The summed E-state index contributed by atoms with van der Waals surface area (Å²) >= 11 is 0. The van der Waals surface area contributed by atoms with Gasteiger partial charge < -0.3 is 15.1 Å². The summed E-state index contributed by atoms with van der Waals surface area (Å²) in [5.74, 6) is 0.0625. The minimum Gasteiger partial charge on any atom is -0.333 e. The number of fused-ring (bicyclic) bond motifs is 1. The second-order valence-corrected chi connectivity index (χ2v) is 7.56. The molecular weight excluding hydrogens is 338 g/mol. The number of aryl methyl sites for hydroxylation is 2. The molecule has 0 aromatic heterocycles. The Morgan fingerprint density at radius 2 is 1.85 bits per heavy atom. The van der Waals surface area contributed by atoms with Crippen molar-refractivity contribution in [3.63, 3.8) is 0 Å². The van der Waals surface area contributed by atoms with Crippen molar-refractivity contribution in [1.29, 1.82) is 0 Å². The number of amides is 3. The molecule has 0 radical (unpaired) electrons. The van der Waals surface area contributed by atoms with Gasteiger partial charge in [-0.15, -0.1) is 0 Å². The van der Waals surface area contributed by atoms with Crippen LogP contribution in [0.15, 0.2) is 42.5 Å². The van der Waals surface area contributed by atoms with Crippen molar-refractivity contribution in [2.45, 2.75) is 39.3 Å². The Hall–Kier alpha value is -2.82. The Balaban J connectivity index is 1.40. The SMILES string of the molecule is Cc1ccc(N2C[C@H](NC(=O)N3CCc4ccccc4C3)CC2=O)cc1C. The van der Waals surface area contributed by atoms with Gasteiger partial charge in [0.05, 0.1) is 6.04 Å². The first-order chi connectivity index (χ1) is 13.0. The molecule has 0 saturated carbocycles. The molecule has 2 aliphatic heterocycles. The zero-order valence-electron chi connectivity index (χ0n) is 15.9. The maximum Gasteiger partial charge on any atom is 0.318 e. The van der Waals surface area contributed by atoms with Crippen LogP contribution < -0.4 is 10.2 Å². The number of hydrogen-bond acceptors (Lipinski definition) is 2. The maximum atomic E-state index is 12.7. The maximum absolute atomic E-state index is 12.7. The third-order valence-electron chi connectivity index (χ3n) is 5.67. The number of urea groups is 1. The molecule has 5 heteroatoms. The average molecular weight is 363 g/mol. The van der Waals surface area contributed by atoms with E-state index in [2.05, 4.69) is 24.4 Å². The van der Waals surface area contributed by atoms with Crippen molar-refractivity contribution in [2.75, 3.05) is 18.0 Å². The summed E-state index contributed by atoms with van der Waals surface area (Å²) in [5.41, 5.74) is 5.81. The second-order valence-electron chi connectivity index (χ2n) is 7.56. The van der Waals surface area contributed by atoms with E-state index in [1.165, 1.54) is 22.3 Å². The lowest BCUT2D eigenvalue weighted by Crippen LogP contribution is -2.47. The quantitative estimate of drug-likeness (QED) is 0.891. The second kappa shape index (κ2) is 7.06. The summed E-state index contributed by atoms with van der Waals surface area (Å²) in [7, 11) is 0. The monoisotopic (exact) mass is 363 g/mol. The topological polar surface area (TPSA) is 52.7 Å². The van der Waals surface area contributed by atoms with Gasteiger partial charge in [-0.1, -0.05) is 30.3 Å². The molecular formula is C22H25N3O2. The molecule has 1 saturated heterocycles. The molecule has 3 amide bonds. The number of anilines is 1. The highest BCUT2D eigenvalue weighted by molar-refractivity contribution is 5.97. The zero-order chi connectivity index (χ0) is 19.0. The van der Waals surface area contributed by atoms with Gasteiger partial charge in [0.25, 0.3) is 0 Å². The van der Waals surface area contributed by atoms with Crippen LogP contribution >= 0.6 is 0 Å². The normalized spacial score (nSPS) is 19.2. The van der Waals surface area contributed by atoms with E-state index in [0.717, 1.165) is 12.1 Å². The summed E-state index contributed by atoms with van der Waals surface area (Å²) in [5, 5.41) is 3.06. The van der Waals surface area contributed by atoms with Gasteiger partial charge >= 0.3 is 6.03 Å². The molecule has 2 heterocycles. The van der Waals surface area contributed by atoms with Gasteiger partial charge in [0, 0.05) is 31.7 Å². The molecule has 1 atom stereocenters. The predicted molar refractivity (Wildman–Crippen MR) is 106 cm³/mol. The van der Waals surface area contributed by atoms with Gasteiger partial charge in [-0.25, -0.2) is 4.79 Å². The largest absolute Gasteiger partial charge is 0.333 e. The number of carbonyl (C=O) groups excluding carboxylic acids is 2. The van der Waals surface area contributed by atoms with Crippen LogP contribution in [0.5, 0.6) is 0 Å². The molecule has 27 heavy (non-hydrogen) atoms. The van der Waals surface area contributed by atoms with Crippen LogP contribution in [0.4, 0.5) is 10.5 Å². The molecule has 0 spiro atoms. The first kappa shape index (κ1) is 17.6.